The van der Waals surface area contributed by atoms with E-state index in [4.69, 9.17) is 0 Å². The van der Waals surface area contributed by atoms with Gasteiger partial charge in [0.15, 0.2) is 0 Å². The van der Waals surface area contributed by atoms with Gasteiger partial charge in [0.1, 0.15) is 5.69 Å². The largest absolute Gasteiger partial charge is 0.341 e. The number of nitrogens with zero attached hydrogens (tertiary/aromatic N) is 2. The second-order valence-electron chi connectivity index (χ2n) is 4.86. The van der Waals surface area contributed by atoms with Crippen LogP contribution in [0.25, 0.3) is 0 Å². The predicted octanol–water partition coefficient (Wildman–Crippen LogP) is 2.90. The Morgan fingerprint density at radius 3 is 2.62 bits per heavy atom. The monoisotopic (exact) mass is 278 g/mol. The first kappa shape index (κ1) is 14.8. The fourth-order valence-electron chi connectivity index (χ4n) is 1.83. The van der Waals surface area contributed by atoms with Gasteiger partial charge in [0, 0.05) is 31.8 Å². The zero-order valence-electron chi connectivity index (χ0n) is 12.3. The highest BCUT2D eigenvalue weighted by molar-refractivity contribution is 5.94. The second-order valence-corrected chi connectivity index (χ2v) is 4.86. The van der Waals surface area contributed by atoms with Crippen molar-refractivity contribution in [2.75, 3.05) is 13.6 Å². The van der Waals surface area contributed by atoms with E-state index in [1.807, 2.05) is 49.4 Å². The molecule has 0 radical (unpaired) electrons. The minimum absolute atomic E-state index is 0.0228. The maximum absolute atomic E-state index is 12.2. The lowest BCUT2D eigenvalue weighted by molar-refractivity contribution is 0.0798. The molecule has 1 aromatic heterocycles. The van der Waals surface area contributed by atoms with Crippen molar-refractivity contribution in [2.24, 2.45) is 0 Å². The smallest absolute Gasteiger partial charge is 0.253 e. The Balaban J connectivity index is 1.87. The van der Waals surface area contributed by atoms with Crippen LogP contribution in [0.4, 0.5) is 0 Å². The van der Waals surface area contributed by atoms with Gasteiger partial charge < -0.3 is 4.90 Å². The Labute approximate surface area is 125 Å². The number of carbonyl (C=O) groups is 1. The van der Waals surface area contributed by atoms with Crippen molar-refractivity contribution in [1.29, 1.82) is 0 Å². The third kappa shape index (κ3) is 4.47. The van der Waals surface area contributed by atoms with Crippen LogP contribution in [0.2, 0.25) is 0 Å². The standard InChI is InChI=1S/C18H18N2O/c1-15-9-11-16(12-10-15)18(21)20(2)14-6-4-8-17-7-3-5-13-19-17/h3,5,7,9-13H,6,14H2,1-2H3. The van der Waals surface area contributed by atoms with Crippen molar-refractivity contribution in [3.8, 4) is 11.8 Å². The van der Waals surface area contributed by atoms with Gasteiger partial charge in [-0.25, -0.2) is 4.98 Å². The molecule has 0 N–H and O–H groups in total. The summed E-state index contributed by atoms with van der Waals surface area (Å²) in [4.78, 5) is 18.0. The zero-order valence-corrected chi connectivity index (χ0v) is 12.3. The molecule has 0 saturated carbocycles. The Morgan fingerprint density at radius 1 is 1.19 bits per heavy atom. The van der Waals surface area contributed by atoms with Crippen LogP contribution in [0.1, 0.15) is 28.0 Å². The van der Waals surface area contributed by atoms with Gasteiger partial charge in [-0.3, -0.25) is 4.79 Å². The Kier molecular flexibility index (Phi) is 5.11. The summed E-state index contributed by atoms with van der Waals surface area (Å²) >= 11 is 0. The van der Waals surface area contributed by atoms with Crippen molar-refractivity contribution in [3.05, 3.63) is 65.5 Å². The first-order valence-electron chi connectivity index (χ1n) is 6.89. The molecule has 0 bridgehead atoms. The Morgan fingerprint density at radius 2 is 1.95 bits per heavy atom. The van der Waals surface area contributed by atoms with Crippen molar-refractivity contribution in [3.63, 3.8) is 0 Å². The third-order valence-corrected chi connectivity index (χ3v) is 3.10. The first-order valence-corrected chi connectivity index (χ1v) is 6.89. The van der Waals surface area contributed by atoms with Crippen LogP contribution < -0.4 is 0 Å². The van der Waals surface area contributed by atoms with E-state index < -0.39 is 0 Å². The molecule has 106 valence electrons. The molecule has 0 unspecified atom stereocenters. The maximum atomic E-state index is 12.2. The molecular formula is C18H18N2O. The molecule has 2 aromatic rings. The molecule has 1 heterocycles. The molecule has 0 saturated heterocycles. The average Bonchev–Trinajstić information content (AvgIpc) is 2.52. The highest BCUT2D eigenvalue weighted by Gasteiger charge is 2.09. The lowest BCUT2D eigenvalue weighted by Crippen LogP contribution is -2.27. The van der Waals surface area contributed by atoms with Gasteiger partial charge in [-0.1, -0.05) is 29.7 Å². The number of amides is 1. The molecule has 1 aromatic carbocycles. The normalized spacial score (nSPS) is 9.62. The Bertz CT molecular complexity index is 651. The topological polar surface area (TPSA) is 33.2 Å². The van der Waals surface area contributed by atoms with Gasteiger partial charge in [-0.05, 0) is 37.1 Å². The molecular weight excluding hydrogens is 260 g/mol. The molecule has 0 atom stereocenters. The van der Waals surface area contributed by atoms with E-state index >= 15 is 0 Å². The number of aromatic nitrogens is 1. The molecule has 3 heteroatoms. The zero-order chi connectivity index (χ0) is 15.1. The third-order valence-electron chi connectivity index (χ3n) is 3.10. The van der Waals surface area contributed by atoms with E-state index in [1.54, 1.807) is 18.1 Å². The SMILES string of the molecule is Cc1ccc(C(=O)N(C)CCC#Cc2ccccn2)cc1. The van der Waals surface area contributed by atoms with Gasteiger partial charge in [-0.15, -0.1) is 0 Å². The summed E-state index contributed by atoms with van der Waals surface area (Å²) in [6, 6.07) is 13.2. The van der Waals surface area contributed by atoms with E-state index in [9.17, 15) is 4.79 Å². The summed E-state index contributed by atoms with van der Waals surface area (Å²) in [5.41, 5.74) is 2.61. The van der Waals surface area contributed by atoms with E-state index in [1.165, 1.54) is 0 Å². The summed E-state index contributed by atoms with van der Waals surface area (Å²) in [5, 5.41) is 0. The van der Waals surface area contributed by atoms with Gasteiger partial charge in [0.2, 0.25) is 0 Å². The fourth-order valence-corrected chi connectivity index (χ4v) is 1.83. The molecule has 0 fully saturated rings. The Hall–Kier alpha value is -2.60. The number of hydrogen-bond acceptors (Lipinski definition) is 2. The summed E-state index contributed by atoms with van der Waals surface area (Å²) in [6.07, 6.45) is 2.35. The van der Waals surface area contributed by atoms with Crippen molar-refractivity contribution < 1.29 is 4.79 Å². The summed E-state index contributed by atoms with van der Waals surface area (Å²) in [7, 11) is 1.80. The summed E-state index contributed by atoms with van der Waals surface area (Å²) in [5.74, 6) is 6.05. The molecule has 0 aliphatic rings. The van der Waals surface area contributed by atoms with Crippen molar-refractivity contribution in [1.82, 2.24) is 9.88 Å². The lowest BCUT2D eigenvalue weighted by Gasteiger charge is -2.15. The average molecular weight is 278 g/mol. The minimum atomic E-state index is 0.0228. The number of carbonyl (C=O) groups excluding carboxylic acids is 1. The molecule has 2 rings (SSSR count). The molecule has 3 nitrogen and oxygen atoms in total. The van der Waals surface area contributed by atoms with Gasteiger partial charge in [-0.2, -0.15) is 0 Å². The van der Waals surface area contributed by atoms with Gasteiger partial charge in [0.05, 0.1) is 0 Å². The summed E-state index contributed by atoms with van der Waals surface area (Å²) in [6.45, 7) is 2.61. The number of aryl methyl sites for hydroxylation is 1. The van der Waals surface area contributed by atoms with E-state index in [2.05, 4.69) is 16.8 Å². The maximum Gasteiger partial charge on any atom is 0.253 e. The molecule has 0 aliphatic heterocycles. The second kappa shape index (κ2) is 7.25. The van der Waals surface area contributed by atoms with Crippen molar-refractivity contribution in [2.45, 2.75) is 13.3 Å². The van der Waals surface area contributed by atoms with Crippen LogP contribution >= 0.6 is 0 Å². The van der Waals surface area contributed by atoms with Crippen molar-refractivity contribution >= 4 is 5.91 Å². The number of benzene rings is 1. The van der Waals surface area contributed by atoms with Crippen LogP contribution in [-0.2, 0) is 0 Å². The molecule has 0 spiro atoms. The van der Waals surface area contributed by atoms with Crippen LogP contribution in [0.5, 0.6) is 0 Å². The van der Waals surface area contributed by atoms with E-state index in [0.29, 0.717) is 18.5 Å². The quantitative estimate of drug-likeness (QED) is 0.809. The first-order chi connectivity index (χ1) is 10.2. The van der Waals surface area contributed by atoms with Crippen LogP contribution in [0.15, 0.2) is 48.7 Å². The van der Waals surface area contributed by atoms with Crippen LogP contribution in [0.3, 0.4) is 0 Å². The van der Waals surface area contributed by atoms with E-state index in [0.717, 1.165) is 11.3 Å². The number of rotatable bonds is 3. The van der Waals surface area contributed by atoms with Crippen LogP contribution in [-0.4, -0.2) is 29.4 Å². The lowest BCUT2D eigenvalue weighted by atomic mass is 10.1. The van der Waals surface area contributed by atoms with Crippen LogP contribution in [0, 0.1) is 18.8 Å². The highest BCUT2D eigenvalue weighted by Crippen LogP contribution is 2.06. The number of hydrogen-bond donors (Lipinski definition) is 0. The summed E-state index contributed by atoms with van der Waals surface area (Å²) < 4.78 is 0. The fraction of sp³-hybridized carbons (Fsp3) is 0.222. The molecule has 21 heavy (non-hydrogen) atoms. The van der Waals surface area contributed by atoms with Gasteiger partial charge >= 0.3 is 0 Å². The predicted molar refractivity (Wildman–Crippen MR) is 83.9 cm³/mol. The van der Waals surface area contributed by atoms with Gasteiger partial charge in [0.25, 0.3) is 5.91 Å². The van der Waals surface area contributed by atoms with E-state index in [-0.39, 0.29) is 5.91 Å². The number of pyridine rings is 1. The minimum Gasteiger partial charge on any atom is -0.341 e. The molecule has 0 aliphatic carbocycles. The highest BCUT2D eigenvalue weighted by atomic mass is 16.2. The molecule has 1 amide bonds.